The summed E-state index contributed by atoms with van der Waals surface area (Å²) < 4.78 is 25.1. The van der Waals surface area contributed by atoms with E-state index in [0.717, 1.165) is 5.33 Å². The van der Waals surface area contributed by atoms with Gasteiger partial charge in [-0.25, -0.2) is 4.79 Å². The zero-order chi connectivity index (χ0) is 13.5. The van der Waals surface area contributed by atoms with Gasteiger partial charge in [0, 0.05) is 5.33 Å². The van der Waals surface area contributed by atoms with Crippen molar-refractivity contribution in [3.8, 4) is 0 Å². The highest BCUT2D eigenvalue weighted by Gasteiger charge is 1.98. The lowest BCUT2D eigenvalue weighted by molar-refractivity contribution is -0.146. The highest BCUT2D eigenvalue weighted by Crippen LogP contribution is 1.85. The molecule has 0 bridgehead atoms. The Balaban J connectivity index is 2.97. The quantitative estimate of drug-likeness (QED) is 0.280. The molecule has 0 aromatic carbocycles. The van der Waals surface area contributed by atoms with Gasteiger partial charge in [0.15, 0.2) is 0 Å². The number of hydrogen-bond acceptors (Lipinski definition) is 6. The molecule has 0 rings (SSSR count). The van der Waals surface area contributed by atoms with Gasteiger partial charge < -0.3 is 23.7 Å². The smallest absolute Gasteiger partial charge is 0.331 e. The maximum absolute atomic E-state index is 10.7. The largest absolute Gasteiger partial charge is 0.467 e. The molecule has 0 amide bonds. The van der Waals surface area contributed by atoms with Crippen molar-refractivity contribution < 1.29 is 28.5 Å². The first-order valence-electron chi connectivity index (χ1n) is 5.75. The molecule has 0 aromatic rings. The van der Waals surface area contributed by atoms with E-state index in [4.69, 9.17) is 18.9 Å². The lowest BCUT2D eigenvalue weighted by Crippen LogP contribution is -2.15. The Morgan fingerprint density at radius 3 is 1.72 bits per heavy atom. The zero-order valence-electron chi connectivity index (χ0n) is 10.7. The first-order valence-corrected chi connectivity index (χ1v) is 6.87. The molecule has 0 aromatic heterocycles. The van der Waals surface area contributed by atoms with Gasteiger partial charge in [0.1, 0.15) is 6.61 Å². The van der Waals surface area contributed by atoms with Crippen molar-refractivity contribution in [3.05, 3.63) is 0 Å². The third kappa shape index (κ3) is 13.9. The molecule has 0 aliphatic heterocycles. The Bertz CT molecular complexity index is 190. The van der Waals surface area contributed by atoms with E-state index < -0.39 is 0 Å². The number of methoxy groups -OCH3 is 1. The third-order valence-corrected chi connectivity index (χ3v) is 2.11. The van der Waals surface area contributed by atoms with E-state index in [1.54, 1.807) is 0 Å². The molecule has 0 unspecified atom stereocenters. The fourth-order valence-corrected chi connectivity index (χ4v) is 1.16. The number of carbonyl (C=O) groups excluding carboxylic acids is 1. The maximum Gasteiger partial charge on any atom is 0.331 e. The molecule has 0 aliphatic rings. The van der Waals surface area contributed by atoms with Gasteiger partial charge in [-0.05, 0) is 0 Å². The van der Waals surface area contributed by atoms with Crippen LogP contribution in [0.3, 0.4) is 0 Å². The Morgan fingerprint density at radius 2 is 1.28 bits per heavy atom. The highest BCUT2D eigenvalue weighted by molar-refractivity contribution is 9.09. The van der Waals surface area contributed by atoms with Crippen LogP contribution in [0.1, 0.15) is 0 Å². The van der Waals surface area contributed by atoms with Gasteiger partial charge in [-0.1, -0.05) is 15.9 Å². The Hall–Kier alpha value is -0.210. The Labute approximate surface area is 116 Å². The molecule has 0 saturated heterocycles. The van der Waals surface area contributed by atoms with Crippen molar-refractivity contribution in [2.75, 3.05) is 65.3 Å². The summed E-state index contributed by atoms with van der Waals surface area (Å²) in [6, 6.07) is 0. The van der Waals surface area contributed by atoms with E-state index in [2.05, 4.69) is 20.7 Å². The van der Waals surface area contributed by atoms with Gasteiger partial charge in [0.25, 0.3) is 0 Å². The van der Waals surface area contributed by atoms with Crippen LogP contribution in [-0.4, -0.2) is 71.3 Å². The summed E-state index contributed by atoms with van der Waals surface area (Å²) in [5, 5.41) is 0.835. The highest BCUT2D eigenvalue weighted by atomic mass is 79.9. The minimum absolute atomic E-state index is 0.0404. The molecule has 0 saturated carbocycles. The monoisotopic (exact) mass is 328 g/mol. The Kier molecular flexibility index (Phi) is 14.7. The summed E-state index contributed by atoms with van der Waals surface area (Å²) in [5.74, 6) is -0.387. The summed E-state index contributed by atoms with van der Waals surface area (Å²) in [7, 11) is 1.32. The van der Waals surface area contributed by atoms with E-state index >= 15 is 0 Å². The van der Waals surface area contributed by atoms with Gasteiger partial charge in [-0.3, -0.25) is 0 Å². The Morgan fingerprint density at radius 1 is 0.833 bits per heavy atom. The number of carbonyl (C=O) groups is 1. The average molecular weight is 329 g/mol. The fraction of sp³-hybridized carbons (Fsp3) is 0.909. The lowest BCUT2D eigenvalue weighted by atomic mass is 10.7. The SMILES string of the molecule is COC(=O)COCCOCCOCCOCCBr. The predicted molar refractivity (Wildman–Crippen MR) is 69.1 cm³/mol. The minimum Gasteiger partial charge on any atom is -0.467 e. The predicted octanol–water partition coefficient (Wildman–Crippen LogP) is 0.621. The van der Waals surface area contributed by atoms with E-state index in [1.165, 1.54) is 7.11 Å². The van der Waals surface area contributed by atoms with Crippen LogP contribution < -0.4 is 0 Å². The molecule has 0 N–H and O–H groups in total. The third-order valence-electron chi connectivity index (χ3n) is 1.79. The van der Waals surface area contributed by atoms with Crippen LogP contribution in [0.5, 0.6) is 0 Å². The summed E-state index contributed by atoms with van der Waals surface area (Å²) in [5.41, 5.74) is 0. The van der Waals surface area contributed by atoms with Gasteiger partial charge in [-0.2, -0.15) is 0 Å². The van der Waals surface area contributed by atoms with Crippen LogP contribution in [-0.2, 0) is 28.5 Å². The van der Waals surface area contributed by atoms with Gasteiger partial charge in [0.05, 0.1) is 53.4 Å². The van der Waals surface area contributed by atoms with Crippen LogP contribution in [0.15, 0.2) is 0 Å². The normalized spacial score (nSPS) is 10.6. The molecule has 6 nitrogen and oxygen atoms in total. The molecule has 0 radical (unpaired) electrons. The van der Waals surface area contributed by atoms with Gasteiger partial charge >= 0.3 is 5.97 Å². The summed E-state index contributed by atoms with van der Waals surface area (Å²) in [6.07, 6.45) is 0. The summed E-state index contributed by atoms with van der Waals surface area (Å²) in [6.45, 7) is 3.63. The molecule has 0 aliphatic carbocycles. The van der Waals surface area contributed by atoms with Crippen molar-refractivity contribution in [3.63, 3.8) is 0 Å². The van der Waals surface area contributed by atoms with Gasteiger partial charge in [0.2, 0.25) is 0 Å². The molecular formula is C11H21BrO6. The molecule has 18 heavy (non-hydrogen) atoms. The zero-order valence-corrected chi connectivity index (χ0v) is 12.3. The fourth-order valence-electron chi connectivity index (χ4n) is 0.929. The molecule has 0 fully saturated rings. The molecular weight excluding hydrogens is 308 g/mol. The van der Waals surface area contributed by atoms with E-state index in [-0.39, 0.29) is 12.6 Å². The molecule has 0 atom stereocenters. The van der Waals surface area contributed by atoms with Crippen molar-refractivity contribution in [2.45, 2.75) is 0 Å². The maximum atomic E-state index is 10.7. The number of ether oxygens (including phenoxy) is 5. The van der Waals surface area contributed by atoms with E-state index in [0.29, 0.717) is 46.2 Å². The van der Waals surface area contributed by atoms with Crippen LogP contribution in [0.4, 0.5) is 0 Å². The lowest BCUT2D eigenvalue weighted by Gasteiger charge is -2.06. The van der Waals surface area contributed by atoms with Crippen LogP contribution in [0.2, 0.25) is 0 Å². The summed E-state index contributed by atoms with van der Waals surface area (Å²) in [4.78, 5) is 10.7. The van der Waals surface area contributed by atoms with Crippen molar-refractivity contribution in [1.29, 1.82) is 0 Å². The first-order chi connectivity index (χ1) is 8.81. The number of rotatable bonds is 13. The number of alkyl halides is 1. The van der Waals surface area contributed by atoms with Crippen LogP contribution in [0.25, 0.3) is 0 Å². The van der Waals surface area contributed by atoms with Crippen LogP contribution in [0, 0.1) is 0 Å². The molecule has 0 spiro atoms. The standard InChI is InChI=1S/C11H21BrO6/c1-14-11(13)10-18-9-8-17-7-6-16-5-4-15-3-2-12/h2-10H2,1H3. The van der Waals surface area contributed by atoms with Gasteiger partial charge in [-0.15, -0.1) is 0 Å². The van der Waals surface area contributed by atoms with E-state index in [9.17, 15) is 4.79 Å². The second kappa shape index (κ2) is 14.8. The topological polar surface area (TPSA) is 63.2 Å². The molecule has 108 valence electrons. The second-order valence-corrected chi connectivity index (χ2v) is 3.95. The summed E-state index contributed by atoms with van der Waals surface area (Å²) >= 11 is 3.26. The van der Waals surface area contributed by atoms with Crippen molar-refractivity contribution in [2.24, 2.45) is 0 Å². The molecule has 7 heteroatoms. The average Bonchev–Trinajstić information content (AvgIpc) is 2.39. The second-order valence-electron chi connectivity index (χ2n) is 3.15. The number of hydrogen-bond donors (Lipinski definition) is 0. The number of esters is 1. The number of halogens is 1. The van der Waals surface area contributed by atoms with E-state index in [1.807, 2.05) is 0 Å². The first kappa shape index (κ1) is 17.8. The van der Waals surface area contributed by atoms with Crippen molar-refractivity contribution in [1.82, 2.24) is 0 Å². The minimum atomic E-state index is -0.387. The van der Waals surface area contributed by atoms with Crippen LogP contribution >= 0.6 is 15.9 Å². The molecule has 0 heterocycles. The van der Waals surface area contributed by atoms with Crippen molar-refractivity contribution >= 4 is 21.9 Å².